The number of nitro benzene ring substituents is 1. The molecule has 0 saturated heterocycles. The average Bonchev–Trinajstić information content (AvgIpc) is 2.45. The van der Waals surface area contributed by atoms with Gasteiger partial charge in [-0.25, -0.2) is 4.79 Å². The maximum Gasteiger partial charge on any atom is 0.338 e. The lowest BCUT2D eigenvalue weighted by Gasteiger charge is -2.12. The van der Waals surface area contributed by atoms with Gasteiger partial charge in [0.05, 0.1) is 10.5 Å². The van der Waals surface area contributed by atoms with E-state index in [1.54, 1.807) is 0 Å². The summed E-state index contributed by atoms with van der Waals surface area (Å²) in [6, 6.07) is 5.18. The minimum absolute atomic E-state index is 0.0130. The van der Waals surface area contributed by atoms with Crippen molar-refractivity contribution in [2.75, 3.05) is 6.61 Å². The Balaban J connectivity index is 2.52. The van der Waals surface area contributed by atoms with Crippen molar-refractivity contribution in [1.82, 2.24) is 5.32 Å². The molecule has 0 aliphatic rings. The Morgan fingerprint density at radius 3 is 2.76 bits per heavy atom. The molecule has 114 valence electrons. The Morgan fingerprint density at radius 2 is 2.14 bits per heavy atom. The first kappa shape index (κ1) is 16.6. The number of ether oxygens (including phenoxy) is 1. The second kappa shape index (κ2) is 7.98. The van der Waals surface area contributed by atoms with Crippen LogP contribution in [0.4, 0.5) is 5.69 Å². The Hall–Kier alpha value is -2.44. The highest BCUT2D eigenvalue weighted by Crippen LogP contribution is 2.13. The van der Waals surface area contributed by atoms with Crippen molar-refractivity contribution in [3.63, 3.8) is 0 Å². The summed E-state index contributed by atoms with van der Waals surface area (Å²) in [4.78, 5) is 33.3. The molecule has 0 spiro atoms. The van der Waals surface area contributed by atoms with Crippen molar-refractivity contribution in [2.45, 2.75) is 32.7 Å². The quantitative estimate of drug-likeness (QED) is 0.471. The van der Waals surface area contributed by atoms with Gasteiger partial charge in [0.1, 0.15) is 0 Å². The first-order valence-corrected chi connectivity index (χ1v) is 6.65. The number of non-ortho nitro benzene ring substituents is 1. The van der Waals surface area contributed by atoms with Crippen LogP contribution in [-0.4, -0.2) is 29.4 Å². The predicted molar refractivity (Wildman–Crippen MR) is 75.9 cm³/mol. The normalized spacial score (nSPS) is 11.5. The SMILES string of the molecule is CCC[C@@H](C)NC(=O)COC(=O)c1cccc([N+](=O)[O-])c1. The lowest BCUT2D eigenvalue weighted by atomic mass is 10.2. The fourth-order valence-electron chi connectivity index (χ4n) is 1.78. The Morgan fingerprint density at radius 1 is 1.43 bits per heavy atom. The third-order valence-electron chi connectivity index (χ3n) is 2.76. The van der Waals surface area contributed by atoms with Gasteiger partial charge in [-0.1, -0.05) is 19.4 Å². The fraction of sp³-hybridized carbons (Fsp3) is 0.429. The summed E-state index contributed by atoms with van der Waals surface area (Å²) < 4.78 is 4.83. The molecule has 1 amide bonds. The summed E-state index contributed by atoms with van der Waals surface area (Å²) in [6.45, 7) is 3.46. The number of carbonyl (C=O) groups excluding carboxylic acids is 2. The molecule has 1 atom stereocenters. The van der Waals surface area contributed by atoms with Gasteiger partial charge in [-0.15, -0.1) is 0 Å². The van der Waals surface area contributed by atoms with Gasteiger partial charge >= 0.3 is 5.97 Å². The summed E-state index contributed by atoms with van der Waals surface area (Å²) >= 11 is 0. The topological polar surface area (TPSA) is 98.5 Å². The van der Waals surface area contributed by atoms with Crippen LogP contribution in [0.3, 0.4) is 0 Å². The monoisotopic (exact) mass is 294 g/mol. The largest absolute Gasteiger partial charge is 0.452 e. The van der Waals surface area contributed by atoms with Gasteiger partial charge in [0.15, 0.2) is 6.61 Å². The van der Waals surface area contributed by atoms with Gasteiger partial charge in [-0.2, -0.15) is 0 Å². The van der Waals surface area contributed by atoms with E-state index in [1.807, 2.05) is 13.8 Å². The first-order valence-electron chi connectivity index (χ1n) is 6.65. The van der Waals surface area contributed by atoms with Crippen LogP contribution in [0.2, 0.25) is 0 Å². The molecule has 7 heteroatoms. The van der Waals surface area contributed by atoms with Gasteiger partial charge < -0.3 is 10.1 Å². The number of nitrogens with zero attached hydrogens (tertiary/aromatic N) is 1. The molecule has 0 aromatic heterocycles. The molecule has 0 radical (unpaired) electrons. The van der Waals surface area contributed by atoms with Crippen molar-refractivity contribution in [1.29, 1.82) is 0 Å². The van der Waals surface area contributed by atoms with Crippen LogP contribution in [-0.2, 0) is 9.53 Å². The van der Waals surface area contributed by atoms with Crippen molar-refractivity contribution in [3.05, 3.63) is 39.9 Å². The third-order valence-corrected chi connectivity index (χ3v) is 2.76. The minimum Gasteiger partial charge on any atom is -0.452 e. The number of hydrogen-bond acceptors (Lipinski definition) is 5. The smallest absolute Gasteiger partial charge is 0.338 e. The summed E-state index contributed by atoms with van der Waals surface area (Å²) in [6.07, 6.45) is 1.78. The van der Waals surface area contributed by atoms with E-state index < -0.39 is 23.4 Å². The number of hydrogen-bond donors (Lipinski definition) is 1. The minimum atomic E-state index is -0.767. The van der Waals surface area contributed by atoms with Crippen LogP contribution in [0, 0.1) is 10.1 Å². The second-order valence-electron chi connectivity index (χ2n) is 4.64. The van der Waals surface area contributed by atoms with E-state index >= 15 is 0 Å². The number of esters is 1. The average molecular weight is 294 g/mol. The summed E-state index contributed by atoms with van der Waals surface area (Å²) in [5, 5.41) is 13.3. The van der Waals surface area contributed by atoms with E-state index in [4.69, 9.17) is 4.74 Å². The predicted octanol–water partition coefficient (Wildman–Crippen LogP) is 2.06. The van der Waals surface area contributed by atoms with Crippen molar-refractivity contribution in [3.8, 4) is 0 Å². The molecule has 0 saturated carbocycles. The zero-order chi connectivity index (χ0) is 15.8. The summed E-state index contributed by atoms with van der Waals surface area (Å²) in [5.74, 6) is -1.16. The van der Waals surface area contributed by atoms with Crippen LogP contribution >= 0.6 is 0 Å². The van der Waals surface area contributed by atoms with E-state index in [1.165, 1.54) is 18.2 Å². The van der Waals surface area contributed by atoms with Gasteiger partial charge in [-0.05, 0) is 19.4 Å². The molecule has 0 bridgehead atoms. The van der Waals surface area contributed by atoms with Crippen molar-refractivity contribution >= 4 is 17.6 Å². The van der Waals surface area contributed by atoms with Crippen LogP contribution in [0.5, 0.6) is 0 Å². The van der Waals surface area contributed by atoms with E-state index in [9.17, 15) is 19.7 Å². The first-order chi connectivity index (χ1) is 9.93. The van der Waals surface area contributed by atoms with Crippen molar-refractivity contribution in [2.24, 2.45) is 0 Å². The van der Waals surface area contributed by atoms with E-state index in [-0.39, 0.29) is 17.3 Å². The number of carbonyl (C=O) groups is 2. The molecule has 1 aromatic carbocycles. The highest BCUT2D eigenvalue weighted by molar-refractivity contribution is 5.91. The Bertz CT molecular complexity index is 530. The van der Waals surface area contributed by atoms with E-state index in [2.05, 4.69) is 5.32 Å². The van der Waals surface area contributed by atoms with Crippen LogP contribution in [0.15, 0.2) is 24.3 Å². The molecular formula is C14H18N2O5. The summed E-state index contributed by atoms with van der Waals surface area (Å²) in [7, 11) is 0. The number of nitrogens with one attached hydrogen (secondary N) is 1. The van der Waals surface area contributed by atoms with E-state index in [0.717, 1.165) is 18.9 Å². The number of rotatable bonds is 7. The number of nitro groups is 1. The maximum absolute atomic E-state index is 11.7. The third kappa shape index (κ3) is 5.60. The molecule has 1 rings (SSSR count). The Kier molecular flexibility index (Phi) is 6.32. The molecule has 0 unspecified atom stereocenters. The maximum atomic E-state index is 11.7. The molecule has 1 N–H and O–H groups in total. The highest BCUT2D eigenvalue weighted by atomic mass is 16.6. The van der Waals surface area contributed by atoms with Gasteiger partial charge in [0.2, 0.25) is 0 Å². The van der Waals surface area contributed by atoms with Crippen LogP contribution < -0.4 is 5.32 Å². The molecule has 0 fully saturated rings. The molecular weight excluding hydrogens is 276 g/mol. The second-order valence-corrected chi connectivity index (χ2v) is 4.64. The van der Waals surface area contributed by atoms with Crippen LogP contribution in [0.25, 0.3) is 0 Å². The Labute approximate surface area is 122 Å². The fourth-order valence-corrected chi connectivity index (χ4v) is 1.78. The van der Waals surface area contributed by atoms with Crippen LogP contribution in [0.1, 0.15) is 37.0 Å². The molecule has 0 heterocycles. The molecule has 0 aliphatic carbocycles. The zero-order valence-electron chi connectivity index (χ0n) is 12.0. The molecule has 21 heavy (non-hydrogen) atoms. The lowest BCUT2D eigenvalue weighted by molar-refractivity contribution is -0.384. The standard InChI is InChI=1S/C14H18N2O5/c1-3-5-10(2)15-13(17)9-21-14(18)11-6-4-7-12(8-11)16(19)20/h4,6-8,10H,3,5,9H2,1-2H3,(H,15,17)/t10-/m1/s1. The number of benzene rings is 1. The highest BCUT2D eigenvalue weighted by Gasteiger charge is 2.14. The molecule has 0 aliphatic heterocycles. The van der Waals surface area contributed by atoms with Gasteiger partial charge in [-0.3, -0.25) is 14.9 Å². The van der Waals surface area contributed by atoms with Gasteiger partial charge in [0.25, 0.3) is 11.6 Å². The zero-order valence-corrected chi connectivity index (χ0v) is 12.0. The molecule has 7 nitrogen and oxygen atoms in total. The van der Waals surface area contributed by atoms with Gasteiger partial charge in [0, 0.05) is 18.2 Å². The summed E-state index contributed by atoms with van der Waals surface area (Å²) in [5.41, 5.74) is -0.163. The molecule has 1 aromatic rings. The van der Waals surface area contributed by atoms with Crippen molar-refractivity contribution < 1.29 is 19.2 Å². The number of amides is 1. The van der Waals surface area contributed by atoms with E-state index in [0.29, 0.717) is 0 Å². The lowest BCUT2D eigenvalue weighted by Crippen LogP contribution is -2.35.